The van der Waals surface area contributed by atoms with Crippen molar-refractivity contribution in [2.45, 2.75) is 43.2 Å². The fourth-order valence-corrected chi connectivity index (χ4v) is 4.26. The fraction of sp³-hybridized carbons (Fsp3) is 0.500. The molecule has 2 rings (SSSR count). The Bertz CT molecular complexity index is 604. The number of nitriles is 1. The molecular formula is C14H18N2O3S. The molecule has 0 amide bonds. The van der Waals surface area contributed by atoms with Gasteiger partial charge in [-0.1, -0.05) is 6.92 Å². The van der Waals surface area contributed by atoms with Crippen molar-refractivity contribution in [2.24, 2.45) is 0 Å². The van der Waals surface area contributed by atoms with E-state index in [-0.39, 0.29) is 10.9 Å². The normalized spacial score (nSPS) is 24.2. The van der Waals surface area contributed by atoms with Gasteiger partial charge in [0, 0.05) is 12.6 Å². The molecule has 1 aliphatic heterocycles. The second-order valence-electron chi connectivity index (χ2n) is 4.99. The van der Waals surface area contributed by atoms with Gasteiger partial charge in [0.25, 0.3) is 0 Å². The van der Waals surface area contributed by atoms with Crippen LogP contribution in [-0.4, -0.2) is 36.5 Å². The molecule has 0 aliphatic carbocycles. The van der Waals surface area contributed by atoms with E-state index in [0.29, 0.717) is 31.4 Å². The second-order valence-corrected chi connectivity index (χ2v) is 6.88. The van der Waals surface area contributed by atoms with E-state index >= 15 is 0 Å². The quantitative estimate of drug-likeness (QED) is 0.915. The standard InChI is InChI=1S/C14H18N2O3S/c1-2-12-9-13(17)7-8-16(12)20(18,19)14-5-3-11(10-15)4-6-14/h3-6,12-13,17H,2,7-9H2,1H3/t12-,13-/m0/s1. The molecule has 1 N–H and O–H groups in total. The zero-order valence-electron chi connectivity index (χ0n) is 11.4. The van der Waals surface area contributed by atoms with Crippen LogP contribution in [0.4, 0.5) is 0 Å². The van der Waals surface area contributed by atoms with Crippen molar-refractivity contribution in [3.05, 3.63) is 29.8 Å². The maximum Gasteiger partial charge on any atom is 0.243 e. The highest BCUT2D eigenvalue weighted by Crippen LogP contribution is 2.27. The van der Waals surface area contributed by atoms with Crippen LogP contribution >= 0.6 is 0 Å². The Morgan fingerprint density at radius 2 is 2.05 bits per heavy atom. The zero-order valence-corrected chi connectivity index (χ0v) is 12.2. The summed E-state index contributed by atoms with van der Waals surface area (Å²) in [4.78, 5) is 0.200. The van der Waals surface area contributed by atoms with Gasteiger partial charge in [-0.3, -0.25) is 0 Å². The number of benzene rings is 1. The molecule has 1 fully saturated rings. The van der Waals surface area contributed by atoms with Crippen molar-refractivity contribution in [1.29, 1.82) is 5.26 Å². The molecule has 0 unspecified atom stereocenters. The van der Waals surface area contributed by atoms with Crippen LogP contribution in [0.3, 0.4) is 0 Å². The molecule has 1 saturated heterocycles. The number of nitrogens with zero attached hydrogens (tertiary/aromatic N) is 2. The highest BCUT2D eigenvalue weighted by Gasteiger charge is 2.35. The Balaban J connectivity index is 2.31. The van der Waals surface area contributed by atoms with Crippen LogP contribution in [0.5, 0.6) is 0 Å². The van der Waals surface area contributed by atoms with Crippen LogP contribution in [0.25, 0.3) is 0 Å². The maximum absolute atomic E-state index is 12.6. The third-order valence-corrected chi connectivity index (χ3v) is 5.66. The van der Waals surface area contributed by atoms with Crippen molar-refractivity contribution in [3.63, 3.8) is 0 Å². The summed E-state index contributed by atoms with van der Waals surface area (Å²) in [5, 5.41) is 18.4. The first-order chi connectivity index (χ1) is 9.48. The number of piperidine rings is 1. The number of hydrogen-bond donors (Lipinski definition) is 1. The molecule has 2 atom stereocenters. The highest BCUT2D eigenvalue weighted by atomic mass is 32.2. The molecule has 20 heavy (non-hydrogen) atoms. The minimum absolute atomic E-state index is 0.167. The molecule has 0 aromatic heterocycles. The first kappa shape index (κ1) is 15.0. The van der Waals surface area contributed by atoms with E-state index < -0.39 is 16.1 Å². The molecule has 1 aromatic carbocycles. The monoisotopic (exact) mass is 294 g/mol. The van der Waals surface area contributed by atoms with E-state index in [2.05, 4.69) is 0 Å². The van der Waals surface area contributed by atoms with Crippen LogP contribution in [0.15, 0.2) is 29.2 Å². The largest absolute Gasteiger partial charge is 0.393 e. The first-order valence-electron chi connectivity index (χ1n) is 6.69. The number of aliphatic hydroxyl groups excluding tert-OH is 1. The minimum atomic E-state index is -3.56. The summed E-state index contributed by atoms with van der Waals surface area (Å²) < 4.78 is 26.7. The van der Waals surface area contributed by atoms with Gasteiger partial charge in [-0.2, -0.15) is 9.57 Å². The Morgan fingerprint density at radius 3 is 2.60 bits per heavy atom. The molecule has 1 aromatic rings. The molecule has 0 saturated carbocycles. The summed E-state index contributed by atoms with van der Waals surface area (Å²) in [5.74, 6) is 0. The van der Waals surface area contributed by atoms with Gasteiger partial charge in [0.05, 0.1) is 22.6 Å². The second kappa shape index (κ2) is 5.92. The molecular weight excluding hydrogens is 276 g/mol. The van der Waals surface area contributed by atoms with Gasteiger partial charge in [0.1, 0.15) is 0 Å². The van der Waals surface area contributed by atoms with Gasteiger partial charge in [-0.05, 0) is 43.5 Å². The first-order valence-corrected chi connectivity index (χ1v) is 8.13. The van der Waals surface area contributed by atoms with E-state index in [0.717, 1.165) is 0 Å². The Labute approximate surface area is 119 Å². The number of rotatable bonds is 3. The Hall–Kier alpha value is -1.42. The summed E-state index contributed by atoms with van der Waals surface area (Å²) in [5.41, 5.74) is 0.435. The lowest BCUT2D eigenvalue weighted by molar-refractivity contribution is 0.0797. The Kier molecular flexibility index (Phi) is 4.43. The average Bonchev–Trinajstić information content (AvgIpc) is 2.46. The van der Waals surface area contributed by atoms with Crippen molar-refractivity contribution in [1.82, 2.24) is 4.31 Å². The van der Waals surface area contributed by atoms with E-state index in [9.17, 15) is 13.5 Å². The molecule has 108 valence electrons. The molecule has 5 nitrogen and oxygen atoms in total. The lowest BCUT2D eigenvalue weighted by Gasteiger charge is -2.36. The summed E-state index contributed by atoms with van der Waals surface area (Å²) in [6.07, 6.45) is 1.19. The van der Waals surface area contributed by atoms with Crippen molar-refractivity contribution in [3.8, 4) is 6.07 Å². The lowest BCUT2D eigenvalue weighted by atomic mass is 10.0. The third kappa shape index (κ3) is 2.85. The fourth-order valence-electron chi connectivity index (χ4n) is 2.53. The summed E-state index contributed by atoms with van der Waals surface area (Å²) >= 11 is 0. The summed E-state index contributed by atoms with van der Waals surface area (Å²) in [6.45, 7) is 2.26. The van der Waals surface area contributed by atoms with Crippen LogP contribution in [-0.2, 0) is 10.0 Å². The average molecular weight is 294 g/mol. The Morgan fingerprint density at radius 1 is 1.40 bits per heavy atom. The van der Waals surface area contributed by atoms with Crippen LogP contribution in [0.1, 0.15) is 31.7 Å². The molecule has 0 bridgehead atoms. The number of aliphatic hydroxyl groups is 1. The topological polar surface area (TPSA) is 81.4 Å². The maximum atomic E-state index is 12.6. The van der Waals surface area contributed by atoms with E-state index in [1.54, 1.807) is 0 Å². The third-order valence-electron chi connectivity index (χ3n) is 3.70. The van der Waals surface area contributed by atoms with Gasteiger partial charge in [-0.25, -0.2) is 8.42 Å². The summed E-state index contributed by atoms with van der Waals surface area (Å²) in [6, 6.07) is 7.74. The van der Waals surface area contributed by atoms with Gasteiger partial charge >= 0.3 is 0 Å². The van der Waals surface area contributed by atoms with Gasteiger partial charge in [0.2, 0.25) is 10.0 Å². The van der Waals surface area contributed by atoms with Crippen molar-refractivity contribution < 1.29 is 13.5 Å². The lowest BCUT2D eigenvalue weighted by Crippen LogP contribution is -2.47. The molecule has 0 radical (unpaired) electrons. The summed E-state index contributed by atoms with van der Waals surface area (Å²) in [7, 11) is -3.56. The molecule has 1 aliphatic rings. The highest BCUT2D eigenvalue weighted by molar-refractivity contribution is 7.89. The number of hydrogen-bond acceptors (Lipinski definition) is 4. The van der Waals surface area contributed by atoms with E-state index in [1.165, 1.54) is 28.6 Å². The minimum Gasteiger partial charge on any atom is -0.393 e. The predicted octanol–water partition coefficient (Wildman–Crippen LogP) is 1.48. The van der Waals surface area contributed by atoms with Crippen LogP contribution in [0, 0.1) is 11.3 Å². The molecule has 1 heterocycles. The predicted molar refractivity (Wildman–Crippen MR) is 74.4 cm³/mol. The van der Waals surface area contributed by atoms with E-state index in [4.69, 9.17) is 5.26 Å². The molecule has 0 spiro atoms. The zero-order chi connectivity index (χ0) is 14.8. The van der Waals surface area contributed by atoms with Crippen molar-refractivity contribution >= 4 is 10.0 Å². The van der Waals surface area contributed by atoms with Crippen molar-refractivity contribution in [2.75, 3.05) is 6.54 Å². The van der Waals surface area contributed by atoms with Gasteiger partial charge in [0.15, 0.2) is 0 Å². The van der Waals surface area contributed by atoms with E-state index in [1.807, 2.05) is 13.0 Å². The number of sulfonamides is 1. The van der Waals surface area contributed by atoms with Gasteiger partial charge < -0.3 is 5.11 Å². The van der Waals surface area contributed by atoms with Crippen LogP contribution < -0.4 is 0 Å². The van der Waals surface area contributed by atoms with Gasteiger partial charge in [-0.15, -0.1) is 0 Å². The molecule has 6 heteroatoms. The smallest absolute Gasteiger partial charge is 0.243 e. The SMILES string of the molecule is CC[C@H]1C[C@@H](O)CCN1S(=O)(=O)c1ccc(C#N)cc1. The van der Waals surface area contributed by atoms with Crippen LogP contribution in [0.2, 0.25) is 0 Å².